The molecule has 0 heterocycles. The molecule has 1 aromatic carbocycles. The van der Waals surface area contributed by atoms with Gasteiger partial charge in [0.05, 0.1) is 23.3 Å². The van der Waals surface area contributed by atoms with Crippen molar-refractivity contribution in [3.63, 3.8) is 0 Å². The number of unbranched alkanes of at least 4 members (excludes halogenated alkanes) is 7. The lowest BCUT2D eigenvalue weighted by Crippen LogP contribution is -2.33. The summed E-state index contributed by atoms with van der Waals surface area (Å²) >= 11 is 6.04. The Morgan fingerprint density at radius 1 is 1.03 bits per heavy atom. The SMILES string of the molecule is CCCCCCCC/C=C\CCCC(CCC(C(=O)OCC)[N+](=O)[O-])Oc1ccc(C(F)(F)F)cc1Cl. The average molecular weight is 550 g/mol. The second kappa shape index (κ2) is 18.0. The number of halogens is 4. The summed E-state index contributed by atoms with van der Waals surface area (Å²) in [6.07, 6.45) is 9.52. The molecule has 210 valence electrons. The van der Waals surface area contributed by atoms with E-state index in [2.05, 4.69) is 19.1 Å². The van der Waals surface area contributed by atoms with Gasteiger partial charge in [-0.05, 0) is 63.6 Å². The summed E-state index contributed by atoms with van der Waals surface area (Å²) in [6, 6.07) is 1.28. The molecule has 0 aliphatic rings. The minimum Gasteiger partial charge on any atom is -0.489 e. The van der Waals surface area contributed by atoms with E-state index in [9.17, 15) is 28.1 Å². The van der Waals surface area contributed by atoms with Crippen molar-refractivity contribution in [2.45, 2.75) is 109 Å². The summed E-state index contributed by atoms with van der Waals surface area (Å²) in [6.45, 7) is 3.78. The van der Waals surface area contributed by atoms with Crippen LogP contribution in [0.25, 0.3) is 0 Å². The van der Waals surface area contributed by atoms with Gasteiger partial charge < -0.3 is 9.47 Å². The highest BCUT2D eigenvalue weighted by atomic mass is 35.5. The molecule has 0 amide bonds. The Bertz CT molecular complexity index is 848. The Morgan fingerprint density at radius 2 is 1.68 bits per heavy atom. The number of nitro groups is 1. The number of carbonyl (C=O) groups is 1. The van der Waals surface area contributed by atoms with E-state index in [1.807, 2.05) is 0 Å². The molecule has 1 rings (SSSR count). The van der Waals surface area contributed by atoms with E-state index >= 15 is 0 Å². The highest BCUT2D eigenvalue weighted by Gasteiger charge is 2.33. The molecule has 0 aliphatic heterocycles. The summed E-state index contributed by atoms with van der Waals surface area (Å²) < 4.78 is 49.5. The maximum absolute atomic E-state index is 13.0. The lowest BCUT2D eigenvalue weighted by Gasteiger charge is -2.21. The van der Waals surface area contributed by atoms with Crippen LogP contribution in [0.4, 0.5) is 13.2 Å². The van der Waals surface area contributed by atoms with Gasteiger partial charge in [0.25, 0.3) is 0 Å². The van der Waals surface area contributed by atoms with Gasteiger partial charge in [0.15, 0.2) is 0 Å². The topological polar surface area (TPSA) is 78.7 Å². The van der Waals surface area contributed by atoms with Gasteiger partial charge in [-0.25, -0.2) is 4.79 Å². The second-order valence-electron chi connectivity index (χ2n) is 8.97. The maximum atomic E-state index is 13.0. The van der Waals surface area contributed by atoms with Gasteiger partial charge in [-0.15, -0.1) is 0 Å². The second-order valence-corrected chi connectivity index (χ2v) is 9.38. The van der Waals surface area contributed by atoms with Crippen molar-refractivity contribution in [1.29, 1.82) is 0 Å². The van der Waals surface area contributed by atoms with E-state index in [0.29, 0.717) is 12.8 Å². The van der Waals surface area contributed by atoms with Crippen LogP contribution < -0.4 is 4.74 Å². The van der Waals surface area contributed by atoms with E-state index in [0.717, 1.165) is 37.5 Å². The van der Waals surface area contributed by atoms with Crippen LogP contribution in [0.3, 0.4) is 0 Å². The summed E-state index contributed by atoms with van der Waals surface area (Å²) in [7, 11) is 0. The highest BCUT2D eigenvalue weighted by molar-refractivity contribution is 6.32. The molecule has 2 unspecified atom stereocenters. The van der Waals surface area contributed by atoms with Crippen LogP contribution >= 0.6 is 11.6 Å². The zero-order valence-electron chi connectivity index (χ0n) is 21.7. The molecule has 37 heavy (non-hydrogen) atoms. The van der Waals surface area contributed by atoms with Gasteiger partial charge in [-0.1, -0.05) is 62.8 Å². The third-order valence-corrected chi connectivity index (χ3v) is 6.21. The monoisotopic (exact) mass is 549 g/mol. The number of hydrogen-bond donors (Lipinski definition) is 0. The molecule has 0 saturated carbocycles. The van der Waals surface area contributed by atoms with Crippen molar-refractivity contribution in [2.75, 3.05) is 6.61 Å². The zero-order valence-corrected chi connectivity index (χ0v) is 22.5. The molecule has 10 heteroatoms. The number of allylic oxidation sites excluding steroid dienone is 2. The molecule has 0 bridgehead atoms. The zero-order chi connectivity index (χ0) is 27.7. The minimum absolute atomic E-state index is 0.0232. The first kappa shape index (κ1) is 32.7. The molecular weight excluding hydrogens is 511 g/mol. The summed E-state index contributed by atoms with van der Waals surface area (Å²) in [5.41, 5.74) is -0.896. The van der Waals surface area contributed by atoms with Crippen LogP contribution in [0.15, 0.2) is 30.4 Å². The van der Waals surface area contributed by atoms with Crippen molar-refractivity contribution in [3.05, 3.63) is 51.1 Å². The molecular formula is C27H39ClF3NO5. The van der Waals surface area contributed by atoms with Crippen LogP contribution in [0.1, 0.15) is 96.5 Å². The first-order valence-electron chi connectivity index (χ1n) is 13.1. The van der Waals surface area contributed by atoms with Crippen LogP contribution in [0.5, 0.6) is 5.75 Å². The van der Waals surface area contributed by atoms with Crippen molar-refractivity contribution >= 4 is 17.6 Å². The van der Waals surface area contributed by atoms with Gasteiger partial charge in [0, 0.05) is 11.3 Å². The highest BCUT2D eigenvalue weighted by Crippen LogP contribution is 2.35. The van der Waals surface area contributed by atoms with Gasteiger partial charge in [0.2, 0.25) is 0 Å². The van der Waals surface area contributed by atoms with E-state index in [1.165, 1.54) is 32.1 Å². The number of rotatable bonds is 19. The van der Waals surface area contributed by atoms with E-state index in [1.54, 1.807) is 6.92 Å². The third-order valence-electron chi connectivity index (χ3n) is 5.92. The number of hydrogen-bond acceptors (Lipinski definition) is 5. The molecule has 1 aromatic rings. The standard InChI is InChI=1S/C27H39ClF3NO5/c1-3-5-6-7-8-9-10-11-12-13-14-15-22(17-18-24(32(34)35)26(33)36-4-2)37-25-19-16-21(20-23(25)28)27(29,30)31/h11-12,16,19-20,22,24H,3-10,13-15,17-18H2,1-2H3/b12-11-. The van der Waals surface area contributed by atoms with E-state index in [-0.39, 0.29) is 30.2 Å². The molecule has 0 N–H and O–H groups in total. The average Bonchev–Trinajstić information content (AvgIpc) is 2.82. The van der Waals surface area contributed by atoms with Crippen LogP contribution in [-0.2, 0) is 15.7 Å². The normalized spacial score (nSPS) is 13.5. The predicted molar refractivity (Wildman–Crippen MR) is 139 cm³/mol. The smallest absolute Gasteiger partial charge is 0.416 e. The predicted octanol–water partition coefficient (Wildman–Crippen LogP) is 8.57. The number of ether oxygens (including phenoxy) is 2. The first-order chi connectivity index (χ1) is 17.6. The van der Waals surface area contributed by atoms with Crippen molar-refractivity contribution in [3.8, 4) is 5.75 Å². The van der Waals surface area contributed by atoms with Gasteiger partial charge >= 0.3 is 18.2 Å². The Labute approximate surface area is 222 Å². The van der Waals surface area contributed by atoms with E-state index in [4.69, 9.17) is 21.1 Å². The van der Waals surface area contributed by atoms with E-state index < -0.39 is 34.8 Å². The van der Waals surface area contributed by atoms with Crippen LogP contribution in [0.2, 0.25) is 5.02 Å². The molecule has 2 atom stereocenters. The van der Waals surface area contributed by atoms with Crippen LogP contribution in [-0.4, -0.2) is 29.6 Å². The van der Waals surface area contributed by atoms with Crippen molar-refractivity contribution < 1.29 is 32.4 Å². The Morgan fingerprint density at radius 3 is 2.27 bits per heavy atom. The lowest BCUT2D eigenvalue weighted by atomic mass is 10.0. The van der Waals surface area contributed by atoms with Gasteiger partial charge in [-0.3, -0.25) is 10.1 Å². The Hall–Kier alpha value is -2.29. The maximum Gasteiger partial charge on any atom is 0.416 e. The van der Waals surface area contributed by atoms with Gasteiger partial charge in [0.1, 0.15) is 5.75 Å². The van der Waals surface area contributed by atoms with Gasteiger partial charge in [-0.2, -0.15) is 13.2 Å². The molecule has 0 spiro atoms. The number of carbonyl (C=O) groups excluding carboxylic acids is 1. The number of esters is 1. The molecule has 0 radical (unpaired) electrons. The molecule has 0 fully saturated rings. The fraction of sp³-hybridized carbons (Fsp3) is 0.667. The third kappa shape index (κ3) is 13.7. The summed E-state index contributed by atoms with van der Waals surface area (Å²) in [5.74, 6) is -0.858. The number of benzene rings is 1. The lowest BCUT2D eigenvalue weighted by molar-refractivity contribution is -0.511. The quantitative estimate of drug-likeness (QED) is 0.0567. The van der Waals surface area contributed by atoms with Crippen molar-refractivity contribution in [2.24, 2.45) is 0 Å². The largest absolute Gasteiger partial charge is 0.489 e. The van der Waals surface area contributed by atoms with Crippen molar-refractivity contribution in [1.82, 2.24) is 0 Å². The first-order valence-corrected chi connectivity index (χ1v) is 13.5. The Balaban J connectivity index is 2.72. The summed E-state index contributed by atoms with van der Waals surface area (Å²) in [5, 5.41) is 11.2. The fourth-order valence-corrected chi connectivity index (χ4v) is 4.07. The molecule has 6 nitrogen and oxygen atoms in total. The molecule has 0 aliphatic carbocycles. The Kier molecular flexibility index (Phi) is 16.0. The number of alkyl halides is 3. The molecule has 0 saturated heterocycles. The van der Waals surface area contributed by atoms with Crippen LogP contribution in [0, 0.1) is 10.1 Å². The minimum atomic E-state index is -4.54. The fourth-order valence-electron chi connectivity index (χ4n) is 3.85. The summed E-state index contributed by atoms with van der Waals surface area (Å²) in [4.78, 5) is 22.6. The number of nitrogens with zero attached hydrogens (tertiary/aromatic N) is 1. The molecule has 0 aromatic heterocycles.